The van der Waals surface area contributed by atoms with Gasteiger partial charge in [0.1, 0.15) is 24.0 Å². The third kappa shape index (κ3) is 5.86. The van der Waals surface area contributed by atoms with Gasteiger partial charge in [-0.25, -0.2) is 8.78 Å². The summed E-state index contributed by atoms with van der Waals surface area (Å²) in [7, 11) is 0. The number of benzene rings is 2. The molecule has 0 aromatic heterocycles. The SMILES string of the molecule is O=C(CCC(=O)Nc1ccc(F)cc1)COc1ccc(F)cc1. The second kappa shape index (κ2) is 8.03. The molecule has 0 atom stereocenters. The summed E-state index contributed by atoms with van der Waals surface area (Å²) in [5.41, 5.74) is 0.464. The zero-order valence-electron chi connectivity index (χ0n) is 12.2. The molecule has 0 aliphatic heterocycles. The van der Waals surface area contributed by atoms with E-state index in [1.165, 1.54) is 48.5 Å². The highest BCUT2D eigenvalue weighted by molar-refractivity contribution is 5.93. The molecule has 1 N–H and O–H groups in total. The Morgan fingerprint density at radius 3 is 2.04 bits per heavy atom. The number of nitrogens with one attached hydrogen (secondary N) is 1. The van der Waals surface area contributed by atoms with Crippen molar-refractivity contribution in [1.82, 2.24) is 0 Å². The average Bonchev–Trinajstić information content (AvgIpc) is 2.54. The van der Waals surface area contributed by atoms with Crippen LogP contribution in [0.2, 0.25) is 0 Å². The summed E-state index contributed by atoms with van der Waals surface area (Å²) < 4.78 is 30.6. The van der Waals surface area contributed by atoms with Crippen molar-refractivity contribution in [1.29, 1.82) is 0 Å². The van der Waals surface area contributed by atoms with Gasteiger partial charge in [0.2, 0.25) is 5.91 Å². The van der Waals surface area contributed by atoms with Gasteiger partial charge in [0, 0.05) is 18.5 Å². The van der Waals surface area contributed by atoms with Crippen molar-refractivity contribution < 1.29 is 23.1 Å². The average molecular weight is 319 g/mol. The molecule has 0 radical (unpaired) electrons. The molecule has 0 aliphatic carbocycles. The van der Waals surface area contributed by atoms with Gasteiger partial charge in [-0.2, -0.15) is 0 Å². The number of rotatable bonds is 7. The van der Waals surface area contributed by atoms with Gasteiger partial charge in [-0.05, 0) is 48.5 Å². The smallest absolute Gasteiger partial charge is 0.224 e. The van der Waals surface area contributed by atoms with Crippen molar-refractivity contribution in [2.75, 3.05) is 11.9 Å². The van der Waals surface area contributed by atoms with Gasteiger partial charge in [-0.15, -0.1) is 0 Å². The van der Waals surface area contributed by atoms with Gasteiger partial charge in [0.25, 0.3) is 0 Å². The fourth-order valence-electron chi connectivity index (χ4n) is 1.78. The number of halogens is 2. The molecule has 6 heteroatoms. The Hall–Kier alpha value is -2.76. The van der Waals surface area contributed by atoms with Crippen LogP contribution in [-0.4, -0.2) is 18.3 Å². The maximum absolute atomic E-state index is 12.7. The molecule has 2 aromatic carbocycles. The number of ether oxygens (including phenoxy) is 1. The largest absolute Gasteiger partial charge is 0.486 e. The Labute approximate surface area is 132 Å². The monoisotopic (exact) mass is 319 g/mol. The molecule has 0 aliphatic rings. The minimum Gasteiger partial charge on any atom is -0.486 e. The highest BCUT2D eigenvalue weighted by Crippen LogP contribution is 2.12. The van der Waals surface area contributed by atoms with E-state index in [4.69, 9.17) is 4.74 Å². The van der Waals surface area contributed by atoms with Crippen molar-refractivity contribution in [3.8, 4) is 5.75 Å². The normalized spacial score (nSPS) is 10.2. The van der Waals surface area contributed by atoms with E-state index >= 15 is 0 Å². The molecular weight excluding hydrogens is 304 g/mol. The van der Waals surface area contributed by atoms with Crippen LogP contribution in [0.25, 0.3) is 0 Å². The predicted octanol–water partition coefficient (Wildman–Crippen LogP) is 3.33. The Balaban J connectivity index is 1.70. The van der Waals surface area contributed by atoms with Crippen LogP contribution in [0, 0.1) is 11.6 Å². The van der Waals surface area contributed by atoms with Crippen molar-refractivity contribution in [3.63, 3.8) is 0 Å². The highest BCUT2D eigenvalue weighted by atomic mass is 19.1. The van der Waals surface area contributed by atoms with Crippen LogP contribution in [0.4, 0.5) is 14.5 Å². The minimum absolute atomic E-state index is 0.00296. The summed E-state index contributed by atoms with van der Waals surface area (Å²) in [4.78, 5) is 23.3. The van der Waals surface area contributed by atoms with Gasteiger partial charge >= 0.3 is 0 Å². The Morgan fingerprint density at radius 1 is 0.870 bits per heavy atom. The van der Waals surface area contributed by atoms with Crippen molar-refractivity contribution in [2.45, 2.75) is 12.8 Å². The Morgan fingerprint density at radius 2 is 1.43 bits per heavy atom. The molecule has 0 fully saturated rings. The van der Waals surface area contributed by atoms with Crippen LogP contribution in [0.3, 0.4) is 0 Å². The fourth-order valence-corrected chi connectivity index (χ4v) is 1.78. The first-order valence-corrected chi connectivity index (χ1v) is 6.98. The summed E-state index contributed by atoms with van der Waals surface area (Å²) >= 11 is 0. The van der Waals surface area contributed by atoms with E-state index < -0.39 is 5.82 Å². The molecule has 0 spiro atoms. The number of hydrogen-bond acceptors (Lipinski definition) is 3. The standard InChI is InChI=1S/C17H15F2NO3/c18-12-1-5-14(6-2-12)20-17(22)10-7-15(21)11-23-16-8-3-13(19)4-9-16/h1-6,8-9H,7,10-11H2,(H,20,22). The van der Waals surface area contributed by atoms with E-state index in [9.17, 15) is 18.4 Å². The zero-order valence-corrected chi connectivity index (χ0v) is 12.2. The molecule has 23 heavy (non-hydrogen) atoms. The number of Topliss-reactive ketones (excluding diaryl/α,β-unsaturated/α-hetero) is 1. The molecule has 0 bridgehead atoms. The molecule has 4 nitrogen and oxygen atoms in total. The Bertz CT molecular complexity index is 669. The van der Waals surface area contributed by atoms with Gasteiger partial charge in [0.05, 0.1) is 0 Å². The molecule has 0 heterocycles. The molecule has 0 saturated heterocycles. The second-order valence-electron chi connectivity index (χ2n) is 4.84. The van der Waals surface area contributed by atoms with Gasteiger partial charge in [-0.3, -0.25) is 9.59 Å². The lowest BCUT2D eigenvalue weighted by atomic mass is 10.2. The van der Waals surface area contributed by atoms with Crippen LogP contribution in [0.5, 0.6) is 5.75 Å². The second-order valence-corrected chi connectivity index (χ2v) is 4.84. The summed E-state index contributed by atoms with van der Waals surface area (Å²) in [5, 5.41) is 2.56. The van der Waals surface area contributed by atoms with Crippen LogP contribution in [0.15, 0.2) is 48.5 Å². The topological polar surface area (TPSA) is 55.4 Å². The first-order chi connectivity index (χ1) is 11.0. The molecule has 2 rings (SSSR count). The lowest BCUT2D eigenvalue weighted by Gasteiger charge is -2.06. The summed E-state index contributed by atoms with van der Waals surface area (Å²) in [6, 6.07) is 10.6. The number of hydrogen-bond donors (Lipinski definition) is 1. The lowest BCUT2D eigenvalue weighted by molar-refractivity contribution is -0.124. The number of ketones is 1. The number of anilines is 1. The first-order valence-electron chi connectivity index (χ1n) is 6.98. The van der Waals surface area contributed by atoms with Gasteiger partial charge in [0.15, 0.2) is 5.78 Å². The lowest BCUT2D eigenvalue weighted by Crippen LogP contribution is -2.16. The van der Waals surface area contributed by atoms with Crippen LogP contribution < -0.4 is 10.1 Å². The third-order valence-corrected chi connectivity index (χ3v) is 2.97. The van der Waals surface area contributed by atoms with E-state index in [-0.39, 0.29) is 37.0 Å². The molecule has 2 aromatic rings. The quantitative estimate of drug-likeness (QED) is 0.851. The number of amides is 1. The van der Waals surface area contributed by atoms with E-state index in [0.717, 1.165) is 0 Å². The molecule has 0 unspecified atom stereocenters. The van der Waals surface area contributed by atoms with Crippen molar-refractivity contribution in [2.24, 2.45) is 0 Å². The van der Waals surface area contributed by atoms with Gasteiger partial charge < -0.3 is 10.1 Å². The van der Waals surface area contributed by atoms with Crippen molar-refractivity contribution in [3.05, 3.63) is 60.2 Å². The van der Waals surface area contributed by atoms with Crippen LogP contribution in [0.1, 0.15) is 12.8 Å². The molecule has 0 saturated carbocycles. The van der Waals surface area contributed by atoms with Crippen LogP contribution in [-0.2, 0) is 9.59 Å². The van der Waals surface area contributed by atoms with Crippen LogP contribution >= 0.6 is 0 Å². The molecule has 1 amide bonds. The zero-order chi connectivity index (χ0) is 16.7. The maximum atomic E-state index is 12.7. The first kappa shape index (κ1) is 16.6. The molecular formula is C17H15F2NO3. The summed E-state index contributed by atoms with van der Waals surface area (Å²) in [6.07, 6.45) is 0.0250. The van der Waals surface area contributed by atoms with E-state index in [2.05, 4.69) is 5.32 Å². The van der Waals surface area contributed by atoms with Gasteiger partial charge in [-0.1, -0.05) is 0 Å². The maximum Gasteiger partial charge on any atom is 0.224 e. The van der Waals surface area contributed by atoms with Crippen molar-refractivity contribution >= 4 is 17.4 Å². The molecule has 120 valence electrons. The predicted molar refractivity (Wildman–Crippen MR) is 81.2 cm³/mol. The van der Waals surface area contributed by atoms with E-state index in [0.29, 0.717) is 11.4 Å². The number of carbonyl (C=O) groups is 2. The highest BCUT2D eigenvalue weighted by Gasteiger charge is 2.08. The minimum atomic E-state index is -0.392. The number of carbonyl (C=O) groups excluding carboxylic acids is 2. The fraction of sp³-hybridized carbons (Fsp3) is 0.176. The summed E-state index contributed by atoms with van der Waals surface area (Å²) in [6.45, 7) is -0.185. The summed E-state index contributed by atoms with van der Waals surface area (Å²) in [5.74, 6) is -0.983. The third-order valence-electron chi connectivity index (χ3n) is 2.97. The van der Waals surface area contributed by atoms with E-state index in [1.807, 2.05) is 0 Å². The Kier molecular flexibility index (Phi) is 5.80. The van der Waals surface area contributed by atoms with E-state index in [1.54, 1.807) is 0 Å².